The Morgan fingerprint density at radius 2 is 1.90 bits per heavy atom. The quantitative estimate of drug-likeness (QED) is 0.852. The number of benzene rings is 2. The Morgan fingerprint density at radius 3 is 2.60 bits per heavy atom. The zero-order chi connectivity index (χ0) is 14.1. The Kier molecular flexibility index (Phi) is 3.39. The first-order chi connectivity index (χ1) is 9.69. The molecule has 1 aliphatic rings. The molecular weight excluding hydrogens is 244 g/mol. The van der Waals surface area contributed by atoms with Crippen molar-refractivity contribution in [3.05, 3.63) is 59.2 Å². The van der Waals surface area contributed by atoms with E-state index in [9.17, 15) is 0 Å². The summed E-state index contributed by atoms with van der Waals surface area (Å²) in [7, 11) is 2.19. The molecule has 0 saturated heterocycles. The highest BCUT2D eigenvalue weighted by Gasteiger charge is 2.26. The van der Waals surface area contributed by atoms with Crippen LogP contribution in [0.25, 0.3) is 0 Å². The lowest BCUT2D eigenvalue weighted by atomic mass is 10.1. The minimum atomic E-state index is 0.470. The molecule has 2 aromatic rings. The van der Waals surface area contributed by atoms with Crippen LogP contribution in [0.5, 0.6) is 0 Å². The maximum atomic E-state index is 5.88. The third-order valence-electron chi connectivity index (χ3n) is 4.43. The summed E-state index contributed by atoms with van der Waals surface area (Å²) in [5, 5.41) is 0. The molecule has 0 radical (unpaired) electrons. The normalized spacial score (nSPS) is 17.0. The average molecular weight is 266 g/mol. The summed E-state index contributed by atoms with van der Waals surface area (Å²) in [6, 6.07) is 15.7. The molecule has 0 aliphatic heterocycles. The molecule has 1 aliphatic carbocycles. The van der Waals surface area contributed by atoms with E-state index in [0.29, 0.717) is 6.04 Å². The molecule has 2 aromatic carbocycles. The molecule has 0 heterocycles. The molecule has 0 spiro atoms. The summed E-state index contributed by atoms with van der Waals surface area (Å²) in [4.78, 5) is 2.39. The highest BCUT2D eigenvalue weighted by Crippen LogP contribution is 2.38. The third kappa shape index (κ3) is 2.26. The lowest BCUT2D eigenvalue weighted by molar-refractivity contribution is 0.662. The van der Waals surface area contributed by atoms with E-state index in [4.69, 9.17) is 5.73 Å². The summed E-state index contributed by atoms with van der Waals surface area (Å²) < 4.78 is 0. The Balaban J connectivity index is 1.87. The predicted octanol–water partition coefficient (Wildman–Crippen LogP) is 3.95. The SMILES string of the molecule is CCc1ccc(N(C)C2CCc3cc(N)ccc32)cc1. The van der Waals surface area contributed by atoms with Crippen LogP contribution in [-0.2, 0) is 12.8 Å². The van der Waals surface area contributed by atoms with Crippen molar-refractivity contribution in [2.75, 3.05) is 17.7 Å². The highest BCUT2D eigenvalue weighted by atomic mass is 15.1. The number of rotatable bonds is 3. The van der Waals surface area contributed by atoms with Gasteiger partial charge in [0.15, 0.2) is 0 Å². The molecule has 0 amide bonds. The summed E-state index contributed by atoms with van der Waals surface area (Å²) in [5.74, 6) is 0. The van der Waals surface area contributed by atoms with Gasteiger partial charge in [0.25, 0.3) is 0 Å². The molecule has 2 nitrogen and oxygen atoms in total. The first-order valence-corrected chi connectivity index (χ1v) is 7.39. The number of hydrogen-bond donors (Lipinski definition) is 1. The van der Waals surface area contributed by atoms with Crippen LogP contribution in [0.15, 0.2) is 42.5 Å². The van der Waals surface area contributed by atoms with E-state index in [1.54, 1.807) is 0 Å². The summed E-state index contributed by atoms with van der Waals surface area (Å²) in [6.07, 6.45) is 3.39. The van der Waals surface area contributed by atoms with Crippen molar-refractivity contribution in [2.24, 2.45) is 0 Å². The Bertz CT molecular complexity index is 601. The van der Waals surface area contributed by atoms with E-state index in [2.05, 4.69) is 55.3 Å². The van der Waals surface area contributed by atoms with Crippen LogP contribution in [-0.4, -0.2) is 7.05 Å². The van der Waals surface area contributed by atoms with Crippen molar-refractivity contribution in [1.29, 1.82) is 0 Å². The number of fused-ring (bicyclic) bond motifs is 1. The van der Waals surface area contributed by atoms with Crippen molar-refractivity contribution in [3.8, 4) is 0 Å². The van der Waals surface area contributed by atoms with Crippen LogP contribution in [0.1, 0.15) is 36.1 Å². The van der Waals surface area contributed by atoms with Crippen LogP contribution in [0.2, 0.25) is 0 Å². The second-order valence-electron chi connectivity index (χ2n) is 5.64. The van der Waals surface area contributed by atoms with Crippen molar-refractivity contribution in [3.63, 3.8) is 0 Å². The maximum absolute atomic E-state index is 5.88. The van der Waals surface area contributed by atoms with Gasteiger partial charge in [-0.05, 0) is 60.2 Å². The molecule has 104 valence electrons. The predicted molar refractivity (Wildman–Crippen MR) is 86.1 cm³/mol. The third-order valence-corrected chi connectivity index (χ3v) is 4.43. The van der Waals surface area contributed by atoms with Gasteiger partial charge in [-0.25, -0.2) is 0 Å². The van der Waals surface area contributed by atoms with Crippen LogP contribution in [0.4, 0.5) is 11.4 Å². The second-order valence-corrected chi connectivity index (χ2v) is 5.64. The smallest absolute Gasteiger partial charge is 0.0545 e. The van der Waals surface area contributed by atoms with Crippen LogP contribution < -0.4 is 10.6 Å². The van der Waals surface area contributed by atoms with Crippen LogP contribution in [0.3, 0.4) is 0 Å². The van der Waals surface area contributed by atoms with E-state index in [1.807, 2.05) is 6.07 Å². The van der Waals surface area contributed by atoms with Crippen molar-refractivity contribution in [1.82, 2.24) is 0 Å². The number of nitrogens with two attached hydrogens (primary N) is 1. The molecule has 0 aromatic heterocycles. The van der Waals surface area contributed by atoms with Crippen molar-refractivity contribution < 1.29 is 0 Å². The molecule has 1 unspecified atom stereocenters. The molecule has 0 bridgehead atoms. The maximum Gasteiger partial charge on any atom is 0.0545 e. The molecule has 0 fully saturated rings. The fourth-order valence-electron chi connectivity index (χ4n) is 3.16. The second kappa shape index (κ2) is 5.20. The van der Waals surface area contributed by atoms with Gasteiger partial charge in [0.1, 0.15) is 0 Å². The lowest BCUT2D eigenvalue weighted by Crippen LogP contribution is -2.22. The van der Waals surface area contributed by atoms with Gasteiger partial charge in [-0.1, -0.05) is 25.1 Å². The molecular formula is C18H22N2. The lowest BCUT2D eigenvalue weighted by Gasteiger charge is -2.28. The first kappa shape index (κ1) is 13.0. The van der Waals surface area contributed by atoms with Gasteiger partial charge < -0.3 is 10.6 Å². The zero-order valence-corrected chi connectivity index (χ0v) is 12.3. The summed E-state index contributed by atoms with van der Waals surface area (Å²) in [5.41, 5.74) is 12.3. The standard InChI is InChI=1S/C18H22N2/c1-3-13-4-8-16(9-5-13)20(2)18-11-6-14-12-15(19)7-10-17(14)18/h4-5,7-10,12,18H,3,6,11,19H2,1-2H3. The monoisotopic (exact) mass is 266 g/mol. The molecule has 2 heteroatoms. The Hall–Kier alpha value is -1.96. The van der Waals surface area contributed by atoms with E-state index >= 15 is 0 Å². The van der Waals surface area contributed by atoms with Gasteiger partial charge in [-0.3, -0.25) is 0 Å². The summed E-state index contributed by atoms with van der Waals surface area (Å²) in [6.45, 7) is 2.19. The van der Waals surface area contributed by atoms with Crippen LogP contribution >= 0.6 is 0 Å². The minimum absolute atomic E-state index is 0.470. The molecule has 1 atom stereocenters. The van der Waals surface area contributed by atoms with Crippen molar-refractivity contribution >= 4 is 11.4 Å². The van der Waals surface area contributed by atoms with Gasteiger partial charge >= 0.3 is 0 Å². The zero-order valence-electron chi connectivity index (χ0n) is 12.3. The fraction of sp³-hybridized carbons (Fsp3) is 0.333. The molecule has 20 heavy (non-hydrogen) atoms. The number of aryl methyl sites for hydroxylation is 2. The highest BCUT2D eigenvalue weighted by molar-refractivity contribution is 5.54. The number of nitrogen functional groups attached to an aromatic ring is 1. The Labute approximate surface area is 121 Å². The van der Waals surface area contributed by atoms with E-state index in [0.717, 1.165) is 18.5 Å². The van der Waals surface area contributed by atoms with Gasteiger partial charge in [-0.15, -0.1) is 0 Å². The number of hydrogen-bond acceptors (Lipinski definition) is 2. The van der Waals surface area contributed by atoms with Gasteiger partial charge in [0.05, 0.1) is 6.04 Å². The van der Waals surface area contributed by atoms with Gasteiger partial charge in [0, 0.05) is 18.4 Å². The number of nitrogens with zero attached hydrogens (tertiary/aromatic N) is 1. The average Bonchev–Trinajstić information content (AvgIpc) is 2.89. The fourth-order valence-corrected chi connectivity index (χ4v) is 3.16. The largest absolute Gasteiger partial charge is 0.399 e. The molecule has 0 saturated carbocycles. The van der Waals surface area contributed by atoms with Crippen molar-refractivity contribution in [2.45, 2.75) is 32.2 Å². The van der Waals surface area contributed by atoms with Gasteiger partial charge in [-0.2, -0.15) is 0 Å². The number of anilines is 2. The van der Waals surface area contributed by atoms with E-state index in [-0.39, 0.29) is 0 Å². The topological polar surface area (TPSA) is 29.3 Å². The van der Waals surface area contributed by atoms with E-state index in [1.165, 1.54) is 28.8 Å². The summed E-state index contributed by atoms with van der Waals surface area (Å²) >= 11 is 0. The van der Waals surface area contributed by atoms with Gasteiger partial charge in [0.2, 0.25) is 0 Å². The first-order valence-electron chi connectivity index (χ1n) is 7.39. The van der Waals surface area contributed by atoms with Crippen LogP contribution in [0, 0.1) is 0 Å². The molecule has 3 rings (SSSR count). The van der Waals surface area contributed by atoms with E-state index < -0.39 is 0 Å². The molecule has 2 N–H and O–H groups in total. The minimum Gasteiger partial charge on any atom is -0.399 e. The Morgan fingerprint density at radius 1 is 1.15 bits per heavy atom.